The van der Waals surface area contributed by atoms with E-state index in [0.29, 0.717) is 4.77 Å². The van der Waals surface area contributed by atoms with Gasteiger partial charge in [-0.3, -0.25) is 4.40 Å². The van der Waals surface area contributed by atoms with Gasteiger partial charge in [0.2, 0.25) is 11.6 Å². The van der Waals surface area contributed by atoms with Crippen molar-refractivity contribution in [2.45, 2.75) is 6.92 Å². The second kappa shape index (κ2) is 5.71. The van der Waals surface area contributed by atoms with Crippen molar-refractivity contribution in [3.05, 3.63) is 65.2 Å². The van der Waals surface area contributed by atoms with Crippen LogP contribution < -0.4 is 9.47 Å². The van der Waals surface area contributed by atoms with E-state index >= 15 is 0 Å². The van der Waals surface area contributed by atoms with Crippen LogP contribution in [0.25, 0.3) is 28.0 Å². The highest BCUT2D eigenvalue weighted by molar-refractivity contribution is 7.71. The van der Waals surface area contributed by atoms with Crippen molar-refractivity contribution in [3.8, 4) is 33.9 Å². The number of hydrogen-bond acceptors (Lipinski definition) is 4. The summed E-state index contributed by atoms with van der Waals surface area (Å²) in [4.78, 5) is 7.90. The van der Waals surface area contributed by atoms with E-state index in [0.717, 1.165) is 39.5 Å². The minimum atomic E-state index is 0.256. The fraction of sp³-hybridized carbons (Fsp3) is 0.100. The van der Waals surface area contributed by atoms with Crippen LogP contribution in [-0.2, 0) is 0 Å². The van der Waals surface area contributed by atoms with Crippen molar-refractivity contribution in [1.82, 2.24) is 14.4 Å². The summed E-state index contributed by atoms with van der Waals surface area (Å²) < 4.78 is 13.3. The van der Waals surface area contributed by atoms with E-state index in [9.17, 15) is 0 Å². The number of rotatable bonds is 2. The quantitative estimate of drug-likeness (QED) is 0.523. The highest BCUT2D eigenvalue weighted by atomic mass is 32.1. The molecule has 26 heavy (non-hydrogen) atoms. The van der Waals surface area contributed by atoms with Crippen LogP contribution in [-0.4, -0.2) is 21.2 Å². The molecule has 0 radical (unpaired) electrons. The molecule has 2 aromatic carbocycles. The summed E-state index contributed by atoms with van der Waals surface area (Å²) in [6.45, 7) is 2.35. The van der Waals surface area contributed by atoms with Crippen molar-refractivity contribution < 1.29 is 9.47 Å². The highest BCUT2D eigenvalue weighted by Crippen LogP contribution is 2.37. The van der Waals surface area contributed by atoms with Crippen LogP contribution in [0, 0.1) is 11.7 Å². The predicted molar refractivity (Wildman–Crippen MR) is 102 cm³/mol. The van der Waals surface area contributed by atoms with E-state index < -0.39 is 0 Å². The lowest BCUT2D eigenvalue weighted by molar-refractivity contribution is 0.174. The van der Waals surface area contributed by atoms with E-state index in [2.05, 4.69) is 29.0 Å². The molecule has 0 unspecified atom stereocenters. The fourth-order valence-electron chi connectivity index (χ4n) is 3.29. The molecular weight excluding hydrogens is 346 g/mol. The zero-order valence-corrected chi connectivity index (χ0v) is 14.8. The molecule has 0 spiro atoms. The molecule has 6 heteroatoms. The third kappa shape index (κ3) is 2.30. The van der Waals surface area contributed by atoms with Gasteiger partial charge in [-0.05, 0) is 42.4 Å². The second-order valence-electron chi connectivity index (χ2n) is 6.22. The molecule has 1 aliphatic rings. The Balaban J connectivity index is 1.73. The maximum atomic E-state index is 5.51. The second-order valence-corrected chi connectivity index (χ2v) is 6.59. The fourth-order valence-corrected chi connectivity index (χ4v) is 3.49. The monoisotopic (exact) mass is 361 g/mol. The van der Waals surface area contributed by atoms with Crippen LogP contribution in [0.15, 0.2) is 54.9 Å². The Bertz CT molecular complexity index is 1210. The first-order valence-corrected chi connectivity index (χ1v) is 8.68. The van der Waals surface area contributed by atoms with Crippen molar-refractivity contribution in [1.29, 1.82) is 0 Å². The molecule has 0 saturated carbocycles. The van der Waals surface area contributed by atoms with Crippen LogP contribution in [0.5, 0.6) is 11.5 Å². The van der Waals surface area contributed by atoms with Crippen molar-refractivity contribution in [2.75, 3.05) is 6.79 Å². The number of ether oxygens (including phenoxy) is 2. The first-order valence-electron chi connectivity index (χ1n) is 8.27. The largest absolute Gasteiger partial charge is 0.454 e. The molecule has 1 N–H and O–H groups in total. The molecule has 0 atom stereocenters. The van der Waals surface area contributed by atoms with Crippen LogP contribution in [0.4, 0.5) is 0 Å². The smallest absolute Gasteiger partial charge is 0.231 e. The summed E-state index contributed by atoms with van der Waals surface area (Å²) in [5, 5.41) is 0. The average molecular weight is 361 g/mol. The number of hydrogen-bond donors (Lipinski definition) is 1. The SMILES string of the molecule is Cc1ccccc1-c1cn2c(=S)ncc(-c3ccc4c(c3)OCO4)c2[nH]1. The number of benzene rings is 2. The molecule has 0 saturated heterocycles. The van der Waals surface area contributed by atoms with Gasteiger partial charge in [-0.1, -0.05) is 30.3 Å². The van der Waals surface area contributed by atoms with Crippen molar-refractivity contribution in [3.63, 3.8) is 0 Å². The number of nitrogens with zero attached hydrogens (tertiary/aromatic N) is 2. The first-order chi connectivity index (χ1) is 12.7. The molecule has 0 bridgehead atoms. The van der Waals surface area contributed by atoms with Gasteiger partial charge in [0.05, 0.1) is 5.69 Å². The van der Waals surface area contributed by atoms with Gasteiger partial charge in [0.1, 0.15) is 5.65 Å². The molecular formula is C20H15N3O2S. The molecule has 5 rings (SSSR count). The molecule has 4 aromatic rings. The number of aryl methyl sites for hydroxylation is 1. The van der Waals surface area contributed by atoms with Crippen molar-refractivity contribution >= 4 is 17.9 Å². The zero-order chi connectivity index (χ0) is 17.7. The van der Waals surface area contributed by atoms with E-state index in [4.69, 9.17) is 21.7 Å². The van der Waals surface area contributed by atoms with Crippen LogP contribution in [0.3, 0.4) is 0 Å². The summed E-state index contributed by atoms with van der Waals surface area (Å²) in [6, 6.07) is 14.1. The number of imidazole rings is 1. The first kappa shape index (κ1) is 15.2. The number of aromatic nitrogens is 3. The molecule has 5 nitrogen and oxygen atoms in total. The summed E-state index contributed by atoms with van der Waals surface area (Å²) in [5.41, 5.74) is 6.20. The van der Waals surface area contributed by atoms with Crippen LogP contribution >= 0.6 is 12.2 Å². The molecule has 0 aliphatic carbocycles. The number of fused-ring (bicyclic) bond motifs is 2. The molecule has 0 fully saturated rings. The third-order valence-electron chi connectivity index (χ3n) is 4.64. The Morgan fingerprint density at radius 2 is 1.92 bits per heavy atom. The van der Waals surface area contributed by atoms with Gasteiger partial charge in [-0.25, -0.2) is 4.98 Å². The Kier molecular flexibility index (Phi) is 3.33. The lowest BCUT2D eigenvalue weighted by Crippen LogP contribution is -1.93. The maximum absolute atomic E-state index is 5.51. The predicted octanol–water partition coefficient (Wildman–Crippen LogP) is 4.76. The Morgan fingerprint density at radius 1 is 1.08 bits per heavy atom. The zero-order valence-electron chi connectivity index (χ0n) is 14.0. The van der Waals surface area contributed by atoms with Gasteiger partial charge in [0.15, 0.2) is 11.5 Å². The minimum absolute atomic E-state index is 0.256. The normalized spacial score (nSPS) is 12.7. The third-order valence-corrected chi connectivity index (χ3v) is 4.94. The van der Waals surface area contributed by atoms with Crippen LogP contribution in [0.2, 0.25) is 0 Å². The maximum Gasteiger partial charge on any atom is 0.231 e. The molecule has 3 heterocycles. The van der Waals surface area contributed by atoms with Gasteiger partial charge in [-0.15, -0.1) is 0 Å². The Hall–Kier alpha value is -3.12. The molecule has 0 amide bonds. The minimum Gasteiger partial charge on any atom is -0.454 e. The Labute approximate surface area is 154 Å². The summed E-state index contributed by atoms with van der Waals surface area (Å²) in [6.07, 6.45) is 3.80. The van der Waals surface area contributed by atoms with E-state index in [1.165, 1.54) is 5.56 Å². The standard InChI is InChI=1S/C20H15N3O2S/c1-12-4-2-3-5-14(12)16-10-23-19(22-16)15(9-21-20(23)26)13-6-7-17-18(8-13)25-11-24-17/h2-10,22H,11H2,1H3. The summed E-state index contributed by atoms with van der Waals surface area (Å²) >= 11 is 5.43. The number of aromatic amines is 1. The van der Waals surface area contributed by atoms with Gasteiger partial charge in [0, 0.05) is 23.5 Å². The van der Waals surface area contributed by atoms with Gasteiger partial charge in [-0.2, -0.15) is 0 Å². The molecule has 128 valence electrons. The van der Waals surface area contributed by atoms with Gasteiger partial charge >= 0.3 is 0 Å². The van der Waals surface area contributed by atoms with Gasteiger partial charge < -0.3 is 14.5 Å². The Morgan fingerprint density at radius 3 is 2.81 bits per heavy atom. The molecule has 2 aromatic heterocycles. The molecule has 1 aliphatic heterocycles. The summed E-state index contributed by atoms with van der Waals surface area (Å²) in [7, 11) is 0. The highest BCUT2D eigenvalue weighted by Gasteiger charge is 2.16. The van der Waals surface area contributed by atoms with E-state index in [-0.39, 0.29) is 6.79 Å². The van der Waals surface area contributed by atoms with E-state index in [1.807, 2.05) is 40.9 Å². The number of H-pyrrole nitrogens is 1. The average Bonchev–Trinajstić information content (AvgIpc) is 3.29. The lowest BCUT2D eigenvalue weighted by atomic mass is 10.1. The van der Waals surface area contributed by atoms with E-state index in [1.54, 1.807) is 6.20 Å². The van der Waals surface area contributed by atoms with Crippen molar-refractivity contribution in [2.24, 2.45) is 0 Å². The lowest BCUT2D eigenvalue weighted by Gasteiger charge is -2.05. The summed E-state index contributed by atoms with van der Waals surface area (Å²) in [5.74, 6) is 1.51. The topological polar surface area (TPSA) is 51.6 Å². The van der Waals surface area contributed by atoms with Gasteiger partial charge in [0.25, 0.3) is 0 Å². The number of nitrogens with one attached hydrogen (secondary N) is 1. The van der Waals surface area contributed by atoms with Crippen LogP contribution in [0.1, 0.15) is 5.56 Å².